The second kappa shape index (κ2) is 9.82. The summed E-state index contributed by atoms with van der Waals surface area (Å²) in [5.74, 6) is -2.59. The van der Waals surface area contributed by atoms with Crippen LogP contribution in [0.1, 0.15) is 85.3 Å². The first kappa shape index (κ1) is 28.4. The summed E-state index contributed by atoms with van der Waals surface area (Å²) in [6.07, 6.45) is -0.406. The summed E-state index contributed by atoms with van der Waals surface area (Å²) < 4.78 is 43.9. The smallest absolute Gasteiger partial charge is 0.433 e. The summed E-state index contributed by atoms with van der Waals surface area (Å²) in [4.78, 5) is 43.3. The molecule has 1 amide bonds. The van der Waals surface area contributed by atoms with Crippen LogP contribution in [0.5, 0.6) is 0 Å². The minimum atomic E-state index is -4.92. The van der Waals surface area contributed by atoms with E-state index in [-0.39, 0.29) is 41.3 Å². The van der Waals surface area contributed by atoms with Gasteiger partial charge in [-0.25, -0.2) is 0 Å². The number of carbonyl (C=O) groups excluding carboxylic acids is 2. The van der Waals surface area contributed by atoms with Gasteiger partial charge in [0.05, 0.1) is 45.4 Å². The molecule has 2 heterocycles. The van der Waals surface area contributed by atoms with Crippen LogP contribution in [0.2, 0.25) is 10.0 Å². The van der Waals surface area contributed by atoms with Crippen LogP contribution < -0.4 is 0 Å². The first-order valence-corrected chi connectivity index (χ1v) is 12.8. The molecule has 38 heavy (non-hydrogen) atoms. The molecule has 0 radical (unpaired) electrons. The van der Waals surface area contributed by atoms with Gasteiger partial charge in [-0.3, -0.25) is 24.0 Å². The maximum Gasteiger partial charge on any atom is 0.433 e. The van der Waals surface area contributed by atoms with E-state index in [0.29, 0.717) is 6.42 Å². The highest BCUT2D eigenvalue weighted by atomic mass is 35.5. The number of ketones is 1. The number of alkyl halides is 3. The molecular formula is C25H27Cl2F3N4O4. The van der Waals surface area contributed by atoms with Crippen LogP contribution in [-0.2, 0) is 11.0 Å². The SMILES string of the molecule is CC1(C(=O)O)CCC(n2ncc(C(=O)N(CC(=O)c3c(Cl)cncc3Cl)[C@H]3CC3(C)C)c2C(F)(F)F)CC1. The van der Waals surface area contributed by atoms with Crippen molar-refractivity contribution in [3.63, 3.8) is 0 Å². The number of aromatic nitrogens is 3. The maximum atomic E-state index is 14.4. The van der Waals surface area contributed by atoms with Gasteiger partial charge in [-0.1, -0.05) is 37.0 Å². The molecule has 8 nitrogen and oxygen atoms in total. The standard InChI is InChI=1S/C25H27Cl2F3N4O4/c1-23(2)8-18(23)33(12-17(35)19-15(26)10-31-11-16(19)27)21(36)14-9-32-34(20(14)25(28,29)30)13-4-6-24(3,7-5-13)22(37)38/h9-11,13,18H,4-8,12H2,1-3H3,(H,37,38)/t13?,18-,24?/m0/s1. The highest BCUT2D eigenvalue weighted by Gasteiger charge is 2.53. The molecule has 0 spiro atoms. The third-order valence-corrected chi connectivity index (χ3v) is 8.33. The van der Waals surface area contributed by atoms with E-state index < -0.39 is 64.6 Å². The number of pyridine rings is 1. The lowest BCUT2D eigenvalue weighted by Gasteiger charge is -2.34. The van der Waals surface area contributed by atoms with Crippen molar-refractivity contribution >= 4 is 40.9 Å². The van der Waals surface area contributed by atoms with Gasteiger partial charge in [0, 0.05) is 18.4 Å². The number of carbonyl (C=O) groups is 3. The first-order chi connectivity index (χ1) is 17.6. The minimum Gasteiger partial charge on any atom is -0.481 e. The predicted molar refractivity (Wildman–Crippen MR) is 132 cm³/mol. The van der Waals surface area contributed by atoms with Gasteiger partial charge < -0.3 is 10.0 Å². The Bertz CT molecular complexity index is 1270. The molecule has 2 aliphatic carbocycles. The predicted octanol–water partition coefficient (Wildman–Crippen LogP) is 5.93. The van der Waals surface area contributed by atoms with Crippen molar-refractivity contribution in [2.75, 3.05) is 6.54 Å². The molecular weight excluding hydrogens is 548 g/mol. The van der Waals surface area contributed by atoms with Crippen molar-refractivity contribution in [2.45, 2.75) is 71.1 Å². The molecule has 0 unspecified atom stereocenters. The average molecular weight is 575 g/mol. The van der Waals surface area contributed by atoms with Gasteiger partial charge in [0.15, 0.2) is 11.5 Å². The normalized spacial score (nSPS) is 24.6. The number of carboxylic acids is 1. The third kappa shape index (κ3) is 5.27. The van der Waals surface area contributed by atoms with Crippen molar-refractivity contribution in [3.05, 3.63) is 45.5 Å². The lowest BCUT2D eigenvalue weighted by Crippen LogP contribution is -2.40. The number of nitrogens with zero attached hydrogens (tertiary/aromatic N) is 4. The molecule has 2 aromatic rings. The Morgan fingerprint density at radius 3 is 2.13 bits per heavy atom. The highest BCUT2D eigenvalue weighted by molar-refractivity contribution is 6.39. The van der Waals surface area contributed by atoms with Gasteiger partial charge in [-0.05, 0) is 44.4 Å². The molecule has 0 saturated heterocycles. The number of amides is 1. The number of carboxylic acid groups (broad SMARTS) is 1. The molecule has 206 valence electrons. The lowest BCUT2D eigenvalue weighted by molar-refractivity contribution is -0.152. The minimum absolute atomic E-state index is 0.0283. The molecule has 0 aliphatic heterocycles. The van der Waals surface area contributed by atoms with Gasteiger partial charge in [0.2, 0.25) is 0 Å². The Balaban J connectivity index is 1.68. The molecule has 2 aromatic heterocycles. The van der Waals surface area contributed by atoms with E-state index in [2.05, 4.69) is 10.1 Å². The van der Waals surface area contributed by atoms with E-state index >= 15 is 0 Å². The number of Topliss-reactive ketones (excluding diaryl/α,β-unsaturated/α-hetero) is 1. The quantitative estimate of drug-likeness (QED) is 0.410. The maximum absolute atomic E-state index is 14.4. The highest BCUT2D eigenvalue weighted by Crippen LogP contribution is 2.50. The van der Waals surface area contributed by atoms with Crippen LogP contribution in [0.3, 0.4) is 0 Å². The number of rotatable bonds is 7. The Labute approximate surface area is 227 Å². The number of hydrogen-bond donors (Lipinski definition) is 1. The largest absolute Gasteiger partial charge is 0.481 e. The van der Waals surface area contributed by atoms with Gasteiger partial charge >= 0.3 is 12.1 Å². The molecule has 2 fully saturated rings. The van der Waals surface area contributed by atoms with Gasteiger partial charge in [-0.2, -0.15) is 18.3 Å². The average Bonchev–Trinajstić information content (AvgIpc) is 3.22. The molecule has 2 saturated carbocycles. The molecule has 4 rings (SSSR count). The van der Waals surface area contributed by atoms with Crippen LogP contribution in [0, 0.1) is 10.8 Å². The van der Waals surface area contributed by atoms with Gasteiger partial charge in [0.25, 0.3) is 5.91 Å². The van der Waals surface area contributed by atoms with Crippen LogP contribution in [0.4, 0.5) is 13.2 Å². The molecule has 0 bridgehead atoms. The summed E-state index contributed by atoms with van der Waals surface area (Å²) >= 11 is 12.2. The van der Waals surface area contributed by atoms with E-state index in [4.69, 9.17) is 23.2 Å². The van der Waals surface area contributed by atoms with E-state index in [0.717, 1.165) is 15.8 Å². The second-order valence-electron chi connectivity index (χ2n) is 11.0. The number of aliphatic carboxylic acids is 1. The number of hydrogen-bond acceptors (Lipinski definition) is 5. The topological polar surface area (TPSA) is 105 Å². The fourth-order valence-electron chi connectivity index (χ4n) is 5.14. The molecule has 2 aliphatic rings. The van der Waals surface area contributed by atoms with Gasteiger partial charge in [0.1, 0.15) is 0 Å². The summed E-state index contributed by atoms with van der Waals surface area (Å²) in [6.45, 7) is 4.75. The molecule has 13 heteroatoms. The first-order valence-electron chi connectivity index (χ1n) is 12.1. The van der Waals surface area contributed by atoms with Crippen LogP contribution >= 0.6 is 23.2 Å². The zero-order valence-corrected chi connectivity index (χ0v) is 22.5. The summed E-state index contributed by atoms with van der Waals surface area (Å²) in [7, 11) is 0. The Hall–Kier alpha value is -2.66. The van der Waals surface area contributed by atoms with E-state index in [1.54, 1.807) is 6.92 Å². The fourth-order valence-corrected chi connectivity index (χ4v) is 5.71. The van der Waals surface area contributed by atoms with Crippen LogP contribution in [-0.4, -0.2) is 55.0 Å². The molecule has 0 aromatic carbocycles. The zero-order valence-electron chi connectivity index (χ0n) is 21.0. The van der Waals surface area contributed by atoms with Crippen LogP contribution in [0.25, 0.3) is 0 Å². The van der Waals surface area contributed by atoms with Crippen molar-refractivity contribution in [2.24, 2.45) is 10.8 Å². The monoisotopic (exact) mass is 574 g/mol. The lowest BCUT2D eigenvalue weighted by atomic mass is 9.74. The Kier molecular flexibility index (Phi) is 7.33. The second-order valence-corrected chi connectivity index (χ2v) is 11.8. The summed E-state index contributed by atoms with van der Waals surface area (Å²) in [5, 5.41) is 13.4. The van der Waals surface area contributed by atoms with E-state index in [1.165, 1.54) is 12.4 Å². The summed E-state index contributed by atoms with van der Waals surface area (Å²) in [6, 6.07) is -1.20. The van der Waals surface area contributed by atoms with Crippen LogP contribution in [0.15, 0.2) is 18.6 Å². The zero-order chi connectivity index (χ0) is 28.2. The van der Waals surface area contributed by atoms with Crippen molar-refractivity contribution in [3.8, 4) is 0 Å². The molecule has 1 N–H and O–H groups in total. The van der Waals surface area contributed by atoms with E-state index in [9.17, 15) is 32.7 Å². The van der Waals surface area contributed by atoms with Crippen molar-refractivity contribution in [1.29, 1.82) is 0 Å². The van der Waals surface area contributed by atoms with Crippen molar-refractivity contribution < 1.29 is 32.7 Å². The number of halogens is 5. The Morgan fingerprint density at radius 1 is 1.11 bits per heavy atom. The third-order valence-electron chi connectivity index (χ3n) is 7.76. The fraction of sp³-hybridized carbons (Fsp3) is 0.560. The van der Waals surface area contributed by atoms with Gasteiger partial charge in [-0.15, -0.1) is 0 Å². The molecule has 1 atom stereocenters. The summed E-state index contributed by atoms with van der Waals surface area (Å²) in [5.41, 5.74) is -3.35. The van der Waals surface area contributed by atoms with E-state index in [1.807, 2.05) is 13.8 Å². The van der Waals surface area contributed by atoms with Crippen molar-refractivity contribution in [1.82, 2.24) is 19.7 Å². The Morgan fingerprint density at radius 2 is 1.66 bits per heavy atom.